The molecule has 0 spiro atoms. The van der Waals surface area contributed by atoms with E-state index in [-0.39, 0.29) is 0 Å². The van der Waals surface area contributed by atoms with Crippen molar-refractivity contribution in [2.45, 2.75) is 44.9 Å². The molecule has 0 atom stereocenters. The molecule has 76 valence electrons. The van der Waals surface area contributed by atoms with Gasteiger partial charge in [-0.05, 0) is 19.3 Å². The Bertz CT molecular complexity index is 317. The van der Waals surface area contributed by atoms with Gasteiger partial charge in [0.2, 0.25) is 0 Å². The number of hydrogen-bond acceptors (Lipinski definition) is 2. The maximum Gasteiger partial charge on any atom is 0.137 e. The summed E-state index contributed by atoms with van der Waals surface area (Å²) in [6.07, 6.45) is 8.85. The van der Waals surface area contributed by atoms with E-state index in [1.807, 2.05) is 0 Å². The molecule has 1 aromatic heterocycles. The van der Waals surface area contributed by atoms with Gasteiger partial charge in [0.1, 0.15) is 5.78 Å². The Balaban J connectivity index is 2.12. The Morgan fingerprint density at radius 2 is 1.93 bits per heavy atom. The largest absolute Gasteiger partial charge is 0.299 e. The SMILES string of the molecule is O=C1CCCCCCc2[nH]ncc2C1. The number of fused-ring (bicyclic) bond motifs is 1. The Labute approximate surface area is 83.9 Å². The molecule has 1 aromatic rings. The second-order valence-electron chi connectivity index (χ2n) is 4.00. The number of hydrogen-bond donors (Lipinski definition) is 1. The smallest absolute Gasteiger partial charge is 0.137 e. The number of aromatic amines is 1. The monoisotopic (exact) mass is 192 g/mol. The van der Waals surface area contributed by atoms with Gasteiger partial charge in [-0.1, -0.05) is 12.8 Å². The van der Waals surface area contributed by atoms with E-state index in [1.165, 1.54) is 25.0 Å². The van der Waals surface area contributed by atoms with Crippen LogP contribution in [0.4, 0.5) is 0 Å². The van der Waals surface area contributed by atoms with Crippen molar-refractivity contribution >= 4 is 5.78 Å². The number of ketones is 1. The third-order valence-electron chi connectivity index (χ3n) is 2.83. The fourth-order valence-electron chi connectivity index (χ4n) is 1.98. The molecule has 1 heterocycles. The van der Waals surface area contributed by atoms with Gasteiger partial charge >= 0.3 is 0 Å². The lowest BCUT2D eigenvalue weighted by molar-refractivity contribution is -0.118. The van der Waals surface area contributed by atoms with Crippen LogP contribution in [0.1, 0.15) is 43.4 Å². The van der Waals surface area contributed by atoms with Gasteiger partial charge < -0.3 is 0 Å². The summed E-state index contributed by atoms with van der Waals surface area (Å²) in [7, 11) is 0. The highest BCUT2D eigenvalue weighted by molar-refractivity contribution is 5.80. The molecule has 0 unspecified atom stereocenters. The molecule has 0 bridgehead atoms. The second-order valence-corrected chi connectivity index (χ2v) is 4.00. The van der Waals surface area contributed by atoms with Gasteiger partial charge in [-0.3, -0.25) is 9.89 Å². The van der Waals surface area contributed by atoms with Gasteiger partial charge in [-0.25, -0.2) is 0 Å². The molecule has 3 heteroatoms. The molecule has 0 radical (unpaired) electrons. The Kier molecular flexibility index (Phi) is 2.96. The van der Waals surface area contributed by atoms with Crippen molar-refractivity contribution in [3.8, 4) is 0 Å². The van der Waals surface area contributed by atoms with Crippen molar-refractivity contribution in [1.29, 1.82) is 0 Å². The summed E-state index contributed by atoms with van der Waals surface area (Å²) in [6.45, 7) is 0. The number of nitrogens with one attached hydrogen (secondary N) is 1. The quantitative estimate of drug-likeness (QED) is 0.683. The molecule has 0 fully saturated rings. The molecule has 1 N–H and O–H groups in total. The van der Waals surface area contributed by atoms with E-state index in [0.717, 1.165) is 24.8 Å². The number of carbonyl (C=O) groups is 1. The van der Waals surface area contributed by atoms with Gasteiger partial charge in [0.05, 0.1) is 6.20 Å². The zero-order valence-corrected chi connectivity index (χ0v) is 8.38. The first-order valence-corrected chi connectivity index (χ1v) is 5.39. The highest BCUT2D eigenvalue weighted by Crippen LogP contribution is 2.15. The number of rotatable bonds is 0. The van der Waals surface area contributed by atoms with E-state index in [1.54, 1.807) is 6.20 Å². The summed E-state index contributed by atoms with van der Waals surface area (Å²) < 4.78 is 0. The predicted molar refractivity (Wildman–Crippen MR) is 54.1 cm³/mol. The molecule has 3 nitrogen and oxygen atoms in total. The zero-order valence-electron chi connectivity index (χ0n) is 8.38. The van der Waals surface area contributed by atoms with Gasteiger partial charge in [-0.15, -0.1) is 0 Å². The number of aryl methyl sites for hydroxylation is 1. The van der Waals surface area contributed by atoms with Crippen LogP contribution in [0.25, 0.3) is 0 Å². The molecule has 1 aliphatic carbocycles. The first-order valence-electron chi connectivity index (χ1n) is 5.39. The molecule has 0 saturated carbocycles. The summed E-state index contributed by atoms with van der Waals surface area (Å²) >= 11 is 0. The van der Waals surface area contributed by atoms with Crippen molar-refractivity contribution < 1.29 is 4.79 Å². The Morgan fingerprint density at radius 1 is 1.14 bits per heavy atom. The molecule has 1 aliphatic rings. The molecular formula is C11H16N2O. The summed E-state index contributed by atoms with van der Waals surface area (Å²) in [4.78, 5) is 11.5. The number of nitrogens with zero attached hydrogens (tertiary/aromatic N) is 1. The molecule has 14 heavy (non-hydrogen) atoms. The summed E-state index contributed by atoms with van der Waals surface area (Å²) in [5, 5.41) is 7.00. The Morgan fingerprint density at radius 3 is 2.79 bits per heavy atom. The van der Waals surface area contributed by atoms with Gasteiger partial charge in [-0.2, -0.15) is 5.10 Å². The average Bonchev–Trinajstić information content (AvgIpc) is 2.59. The van der Waals surface area contributed by atoms with Gasteiger partial charge in [0, 0.05) is 24.1 Å². The van der Waals surface area contributed by atoms with Crippen LogP contribution in [0.15, 0.2) is 6.20 Å². The maximum absolute atomic E-state index is 11.5. The van der Waals surface area contributed by atoms with Crippen LogP contribution in [0.2, 0.25) is 0 Å². The lowest BCUT2D eigenvalue weighted by Crippen LogP contribution is -2.05. The lowest BCUT2D eigenvalue weighted by atomic mass is 9.99. The van der Waals surface area contributed by atoms with Crippen molar-refractivity contribution in [3.05, 3.63) is 17.5 Å². The van der Waals surface area contributed by atoms with Crippen LogP contribution in [0, 0.1) is 0 Å². The fourth-order valence-corrected chi connectivity index (χ4v) is 1.98. The topological polar surface area (TPSA) is 45.8 Å². The van der Waals surface area contributed by atoms with Crippen LogP contribution in [0.3, 0.4) is 0 Å². The van der Waals surface area contributed by atoms with E-state index in [4.69, 9.17) is 0 Å². The molecule has 0 saturated heterocycles. The van der Waals surface area contributed by atoms with Crippen LogP contribution in [-0.4, -0.2) is 16.0 Å². The fraction of sp³-hybridized carbons (Fsp3) is 0.636. The van der Waals surface area contributed by atoms with Crippen LogP contribution in [-0.2, 0) is 17.6 Å². The third-order valence-corrected chi connectivity index (χ3v) is 2.83. The van der Waals surface area contributed by atoms with Gasteiger partial charge in [0.25, 0.3) is 0 Å². The van der Waals surface area contributed by atoms with Crippen molar-refractivity contribution in [2.75, 3.05) is 0 Å². The average molecular weight is 192 g/mol. The van der Waals surface area contributed by atoms with Crippen LogP contribution in [0.5, 0.6) is 0 Å². The van der Waals surface area contributed by atoms with Crippen molar-refractivity contribution in [3.63, 3.8) is 0 Å². The minimum absolute atomic E-state index is 0.356. The molecule has 0 aliphatic heterocycles. The van der Waals surface area contributed by atoms with Crippen LogP contribution < -0.4 is 0 Å². The first kappa shape index (κ1) is 9.44. The van der Waals surface area contributed by atoms with E-state index >= 15 is 0 Å². The van der Waals surface area contributed by atoms with Crippen molar-refractivity contribution in [2.24, 2.45) is 0 Å². The maximum atomic E-state index is 11.5. The van der Waals surface area contributed by atoms with E-state index in [0.29, 0.717) is 12.2 Å². The molecule has 0 aromatic carbocycles. The molecule has 0 amide bonds. The first-order chi connectivity index (χ1) is 6.86. The number of carbonyl (C=O) groups excluding carboxylic acids is 1. The number of Topliss-reactive ketones (excluding diaryl/α,β-unsaturated/α-hetero) is 1. The standard InChI is InChI=1S/C11H16N2O/c14-10-5-3-1-2-4-6-11-9(7-10)8-12-13-11/h8H,1-7H2,(H,12,13). The number of H-pyrrole nitrogens is 1. The normalized spacial score (nSPS) is 19.0. The second kappa shape index (κ2) is 4.40. The molecule has 2 rings (SSSR count). The third kappa shape index (κ3) is 2.22. The minimum atomic E-state index is 0.356. The van der Waals surface area contributed by atoms with Gasteiger partial charge in [0.15, 0.2) is 0 Å². The van der Waals surface area contributed by atoms with Crippen LogP contribution >= 0.6 is 0 Å². The van der Waals surface area contributed by atoms with E-state index < -0.39 is 0 Å². The summed E-state index contributed by atoms with van der Waals surface area (Å²) in [5.41, 5.74) is 2.28. The highest BCUT2D eigenvalue weighted by Gasteiger charge is 2.11. The summed E-state index contributed by atoms with van der Waals surface area (Å²) in [5.74, 6) is 0.356. The highest BCUT2D eigenvalue weighted by atomic mass is 16.1. The molecular weight excluding hydrogens is 176 g/mol. The van der Waals surface area contributed by atoms with E-state index in [2.05, 4.69) is 10.2 Å². The van der Waals surface area contributed by atoms with E-state index in [9.17, 15) is 4.79 Å². The minimum Gasteiger partial charge on any atom is -0.299 e. The zero-order chi connectivity index (χ0) is 9.80. The Hall–Kier alpha value is -1.12. The predicted octanol–water partition coefficient (Wildman–Crippen LogP) is 2.03. The van der Waals surface area contributed by atoms with Crippen molar-refractivity contribution in [1.82, 2.24) is 10.2 Å². The number of aromatic nitrogens is 2. The lowest BCUT2D eigenvalue weighted by Gasteiger charge is -2.06. The summed E-state index contributed by atoms with van der Waals surface area (Å²) in [6, 6.07) is 0.